The fourth-order valence-corrected chi connectivity index (χ4v) is 2.97. The normalized spacial score (nSPS) is 14.3. The van der Waals surface area contributed by atoms with Gasteiger partial charge in [-0.1, -0.05) is 0 Å². The topological polar surface area (TPSA) is 49.4 Å². The van der Waals surface area contributed by atoms with Gasteiger partial charge in [0.15, 0.2) is 0 Å². The van der Waals surface area contributed by atoms with E-state index in [1.165, 1.54) is 11.3 Å². The molecule has 4 nitrogen and oxygen atoms in total. The number of hydrogen-bond donors (Lipinski definition) is 1. The van der Waals surface area contributed by atoms with E-state index in [1.807, 2.05) is 15.7 Å². The molecule has 1 aromatic heterocycles. The average Bonchev–Trinajstić information content (AvgIpc) is 3.06. The van der Waals surface area contributed by atoms with Crippen molar-refractivity contribution >= 4 is 23.2 Å². The van der Waals surface area contributed by atoms with Crippen LogP contribution in [-0.4, -0.2) is 35.3 Å². The molecule has 1 heterocycles. The summed E-state index contributed by atoms with van der Waals surface area (Å²) in [6, 6.07) is 2.54. The van der Waals surface area contributed by atoms with E-state index >= 15 is 0 Å². The first-order valence-electron chi connectivity index (χ1n) is 7.21. The lowest BCUT2D eigenvalue weighted by Gasteiger charge is -2.26. The van der Waals surface area contributed by atoms with Crippen molar-refractivity contribution in [3.05, 3.63) is 22.4 Å². The van der Waals surface area contributed by atoms with Crippen molar-refractivity contribution in [2.75, 3.05) is 6.54 Å². The summed E-state index contributed by atoms with van der Waals surface area (Å²) < 4.78 is 0. The summed E-state index contributed by atoms with van der Waals surface area (Å²) in [6.07, 6.45) is 3.49. The molecule has 0 aromatic carbocycles. The minimum atomic E-state index is -0.0541. The van der Waals surface area contributed by atoms with Gasteiger partial charge < -0.3 is 10.2 Å². The number of carbonyl (C=O) groups excluding carboxylic acids is 2. The third-order valence-electron chi connectivity index (χ3n) is 3.42. The number of carbonyl (C=O) groups is 2. The Morgan fingerprint density at radius 3 is 2.75 bits per heavy atom. The first-order chi connectivity index (χ1) is 9.59. The summed E-state index contributed by atoms with van der Waals surface area (Å²) in [6.45, 7) is 4.68. The van der Waals surface area contributed by atoms with Crippen LogP contribution in [0.2, 0.25) is 0 Å². The minimum absolute atomic E-state index is 0.0541. The molecule has 0 radical (unpaired) electrons. The van der Waals surface area contributed by atoms with E-state index < -0.39 is 0 Å². The first-order valence-corrected chi connectivity index (χ1v) is 8.15. The quantitative estimate of drug-likeness (QED) is 0.786. The molecule has 110 valence electrons. The Bertz CT molecular complexity index is 450. The van der Waals surface area contributed by atoms with Gasteiger partial charge in [-0.2, -0.15) is 11.3 Å². The van der Waals surface area contributed by atoms with Crippen molar-refractivity contribution in [1.82, 2.24) is 10.2 Å². The summed E-state index contributed by atoms with van der Waals surface area (Å²) in [5, 5.41) is 6.56. The largest absolute Gasteiger partial charge is 0.352 e. The zero-order chi connectivity index (χ0) is 14.5. The number of thiophene rings is 1. The number of amides is 2. The molecule has 1 fully saturated rings. The van der Waals surface area contributed by atoms with Crippen LogP contribution in [0.15, 0.2) is 16.8 Å². The molecule has 5 heteroatoms. The maximum absolute atomic E-state index is 12.2. The van der Waals surface area contributed by atoms with Crippen LogP contribution < -0.4 is 5.32 Å². The molecule has 0 unspecified atom stereocenters. The Hall–Kier alpha value is -1.36. The predicted molar refractivity (Wildman–Crippen MR) is 80.9 cm³/mol. The molecule has 2 amide bonds. The molecule has 1 N–H and O–H groups in total. The van der Waals surface area contributed by atoms with Gasteiger partial charge in [0.25, 0.3) is 5.91 Å². The zero-order valence-electron chi connectivity index (χ0n) is 12.1. The van der Waals surface area contributed by atoms with Crippen molar-refractivity contribution in [3.63, 3.8) is 0 Å². The summed E-state index contributed by atoms with van der Waals surface area (Å²) in [4.78, 5) is 25.9. The van der Waals surface area contributed by atoms with Crippen LogP contribution in [-0.2, 0) is 4.79 Å². The van der Waals surface area contributed by atoms with E-state index in [1.54, 1.807) is 6.07 Å². The molecule has 1 aliphatic carbocycles. The summed E-state index contributed by atoms with van der Waals surface area (Å²) in [5.41, 5.74) is 0.697. The highest BCUT2D eigenvalue weighted by Crippen LogP contribution is 2.29. The lowest BCUT2D eigenvalue weighted by molar-refractivity contribution is -0.133. The third kappa shape index (κ3) is 4.07. The van der Waals surface area contributed by atoms with Crippen molar-refractivity contribution in [3.8, 4) is 0 Å². The zero-order valence-corrected chi connectivity index (χ0v) is 12.9. The van der Waals surface area contributed by atoms with Crippen LogP contribution in [0.4, 0.5) is 0 Å². The second-order valence-corrected chi connectivity index (χ2v) is 6.28. The molecule has 0 atom stereocenters. The molecule has 20 heavy (non-hydrogen) atoms. The van der Waals surface area contributed by atoms with Crippen LogP contribution in [0.1, 0.15) is 49.9 Å². The lowest BCUT2D eigenvalue weighted by atomic mass is 10.2. The van der Waals surface area contributed by atoms with Gasteiger partial charge in [0, 0.05) is 36.0 Å². The Morgan fingerprint density at radius 1 is 1.45 bits per heavy atom. The molecule has 1 aromatic rings. The number of rotatable bonds is 7. The van der Waals surface area contributed by atoms with Gasteiger partial charge in [-0.05, 0) is 44.6 Å². The summed E-state index contributed by atoms with van der Waals surface area (Å²) in [5.74, 6) is 0.161. The number of nitrogens with one attached hydrogen (secondary N) is 1. The molecular formula is C15H22N2O2S. The maximum Gasteiger partial charge on any atom is 0.252 e. The Balaban J connectivity index is 1.67. The lowest BCUT2D eigenvalue weighted by Crippen LogP contribution is -2.39. The predicted octanol–water partition coefficient (Wildman–Crippen LogP) is 2.66. The molecule has 0 saturated heterocycles. The molecule has 0 bridgehead atoms. The SMILES string of the molecule is CC(C)N(C(=O)CCCNC(=O)c1ccsc1)C1CC1. The first kappa shape index (κ1) is 15.0. The van der Waals surface area contributed by atoms with Crippen molar-refractivity contribution < 1.29 is 9.59 Å². The fraction of sp³-hybridized carbons (Fsp3) is 0.600. The van der Waals surface area contributed by atoms with Crippen LogP contribution in [0.3, 0.4) is 0 Å². The van der Waals surface area contributed by atoms with Crippen molar-refractivity contribution in [2.24, 2.45) is 0 Å². The Morgan fingerprint density at radius 2 is 2.20 bits per heavy atom. The minimum Gasteiger partial charge on any atom is -0.352 e. The second kappa shape index (κ2) is 6.88. The summed E-state index contributed by atoms with van der Waals surface area (Å²) in [7, 11) is 0. The van der Waals surface area contributed by atoms with Gasteiger partial charge in [0.2, 0.25) is 5.91 Å². The smallest absolute Gasteiger partial charge is 0.252 e. The molecular weight excluding hydrogens is 272 g/mol. The monoisotopic (exact) mass is 294 g/mol. The third-order valence-corrected chi connectivity index (χ3v) is 4.10. The van der Waals surface area contributed by atoms with Crippen LogP contribution >= 0.6 is 11.3 Å². The molecule has 0 spiro atoms. The van der Waals surface area contributed by atoms with E-state index in [2.05, 4.69) is 19.2 Å². The average molecular weight is 294 g/mol. The Labute approximate surface area is 124 Å². The van der Waals surface area contributed by atoms with Gasteiger partial charge in [-0.15, -0.1) is 0 Å². The highest BCUT2D eigenvalue weighted by atomic mass is 32.1. The molecule has 2 rings (SSSR count). The molecule has 1 saturated carbocycles. The second-order valence-electron chi connectivity index (χ2n) is 5.50. The Kier molecular flexibility index (Phi) is 5.17. The highest BCUT2D eigenvalue weighted by Gasteiger charge is 2.33. The van der Waals surface area contributed by atoms with E-state index in [-0.39, 0.29) is 17.9 Å². The van der Waals surface area contributed by atoms with Crippen molar-refractivity contribution in [2.45, 2.75) is 51.6 Å². The highest BCUT2D eigenvalue weighted by molar-refractivity contribution is 7.08. The van der Waals surface area contributed by atoms with Gasteiger partial charge in [-0.25, -0.2) is 0 Å². The van der Waals surface area contributed by atoms with Crippen LogP contribution in [0, 0.1) is 0 Å². The van der Waals surface area contributed by atoms with Gasteiger partial charge in [-0.3, -0.25) is 9.59 Å². The van der Waals surface area contributed by atoms with E-state index in [4.69, 9.17) is 0 Å². The fourth-order valence-electron chi connectivity index (χ4n) is 2.33. The van der Waals surface area contributed by atoms with Crippen LogP contribution in [0.25, 0.3) is 0 Å². The summed E-state index contributed by atoms with van der Waals surface area (Å²) >= 11 is 1.51. The van der Waals surface area contributed by atoms with Gasteiger partial charge in [0.05, 0.1) is 0 Å². The van der Waals surface area contributed by atoms with E-state index in [0.29, 0.717) is 31.0 Å². The maximum atomic E-state index is 12.2. The van der Waals surface area contributed by atoms with E-state index in [9.17, 15) is 9.59 Å². The molecule has 0 aliphatic heterocycles. The van der Waals surface area contributed by atoms with Crippen LogP contribution in [0.5, 0.6) is 0 Å². The number of hydrogen-bond acceptors (Lipinski definition) is 3. The van der Waals surface area contributed by atoms with Crippen molar-refractivity contribution in [1.29, 1.82) is 0 Å². The number of nitrogens with zero attached hydrogens (tertiary/aromatic N) is 1. The van der Waals surface area contributed by atoms with Gasteiger partial charge in [0.1, 0.15) is 0 Å². The standard InChI is InChI=1S/C15H22N2O2S/c1-11(2)17(13-5-6-13)14(18)4-3-8-16-15(19)12-7-9-20-10-12/h7,9-11,13H,3-6,8H2,1-2H3,(H,16,19). The van der Waals surface area contributed by atoms with Gasteiger partial charge >= 0.3 is 0 Å². The van der Waals surface area contributed by atoms with E-state index in [0.717, 1.165) is 12.8 Å². The molecule has 1 aliphatic rings.